The smallest absolute Gasteiger partial charge is 0.142 e. The van der Waals surface area contributed by atoms with Gasteiger partial charge in [-0.1, -0.05) is 23.7 Å². The molecule has 0 heterocycles. The minimum Gasteiger partial charge on any atom is -0.396 e. The summed E-state index contributed by atoms with van der Waals surface area (Å²) < 4.78 is 13.0. The summed E-state index contributed by atoms with van der Waals surface area (Å²) in [4.78, 5) is 0. The van der Waals surface area contributed by atoms with E-state index in [1.54, 1.807) is 12.1 Å². The summed E-state index contributed by atoms with van der Waals surface area (Å²) in [6, 6.07) is 4.65. The molecule has 1 aromatic carbocycles. The first-order chi connectivity index (χ1) is 6.69. The number of rotatable bonds is 4. The first kappa shape index (κ1) is 11.4. The van der Waals surface area contributed by atoms with Crippen LogP contribution in [0.5, 0.6) is 0 Å². The highest BCUT2D eigenvalue weighted by atomic mass is 35.5. The maximum Gasteiger partial charge on any atom is 0.142 e. The standard InChI is InChI=1S/C10H13ClFNO/c11-10-8(2-1-3-9(10)12)4-7(5-13)6-14/h1-3,7,14H,4-6,13H2. The van der Waals surface area contributed by atoms with Gasteiger partial charge in [0, 0.05) is 6.61 Å². The van der Waals surface area contributed by atoms with Gasteiger partial charge in [-0.2, -0.15) is 0 Å². The Kier molecular flexibility index (Phi) is 4.32. The van der Waals surface area contributed by atoms with Gasteiger partial charge in [0.15, 0.2) is 0 Å². The molecule has 78 valence electrons. The van der Waals surface area contributed by atoms with Crippen LogP contribution in [0.1, 0.15) is 5.56 Å². The second-order valence-corrected chi connectivity index (χ2v) is 3.58. The van der Waals surface area contributed by atoms with E-state index in [0.717, 1.165) is 0 Å². The zero-order valence-electron chi connectivity index (χ0n) is 7.71. The van der Waals surface area contributed by atoms with Gasteiger partial charge in [-0.05, 0) is 30.5 Å². The van der Waals surface area contributed by atoms with Crippen LogP contribution in [0, 0.1) is 11.7 Å². The molecule has 4 heteroatoms. The van der Waals surface area contributed by atoms with Gasteiger partial charge < -0.3 is 10.8 Å². The number of aliphatic hydroxyl groups excluding tert-OH is 1. The maximum absolute atomic E-state index is 13.0. The number of halogens is 2. The van der Waals surface area contributed by atoms with Gasteiger partial charge in [-0.25, -0.2) is 4.39 Å². The van der Waals surface area contributed by atoms with E-state index >= 15 is 0 Å². The van der Waals surface area contributed by atoms with E-state index in [4.69, 9.17) is 22.4 Å². The van der Waals surface area contributed by atoms with Crippen molar-refractivity contribution in [3.8, 4) is 0 Å². The third-order valence-corrected chi connectivity index (χ3v) is 2.55. The number of benzene rings is 1. The van der Waals surface area contributed by atoms with Crippen LogP contribution in [0.15, 0.2) is 18.2 Å². The first-order valence-electron chi connectivity index (χ1n) is 4.42. The van der Waals surface area contributed by atoms with E-state index in [1.807, 2.05) is 0 Å². The lowest BCUT2D eigenvalue weighted by Crippen LogP contribution is -2.20. The molecule has 0 radical (unpaired) electrons. The van der Waals surface area contributed by atoms with Crippen molar-refractivity contribution in [3.05, 3.63) is 34.6 Å². The highest BCUT2D eigenvalue weighted by molar-refractivity contribution is 6.31. The van der Waals surface area contributed by atoms with Crippen LogP contribution in [0.4, 0.5) is 4.39 Å². The maximum atomic E-state index is 13.0. The Morgan fingerprint density at radius 3 is 2.79 bits per heavy atom. The molecule has 0 saturated heterocycles. The molecule has 14 heavy (non-hydrogen) atoms. The summed E-state index contributed by atoms with van der Waals surface area (Å²) in [5, 5.41) is 9.06. The topological polar surface area (TPSA) is 46.2 Å². The zero-order chi connectivity index (χ0) is 10.6. The molecule has 1 atom stereocenters. The molecule has 0 amide bonds. The van der Waals surface area contributed by atoms with Gasteiger partial charge in [0.1, 0.15) is 5.82 Å². The minimum atomic E-state index is -0.433. The Labute approximate surface area is 87.5 Å². The van der Waals surface area contributed by atoms with Crippen LogP contribution < -0.4 is 5.73 Å². The molecule has 0 aliphatic rings. The molecule has 0 aliphatic carbocycles. The van der Waals surface area contributed by atoms with Gasteiger partial charge in [-0.3, -0.25) is 0 Å². The molecular formula is C10H13ClFNO. The van der Waals surface area contributed by atoms with Gasteiger partial charge in [0.05, 0.1) is 5.02 Å². The van der Waals surface area contributed by atoms with Gasteiger partial charge in [0.2, 0.25) is 0 Å². The van der Waals surface area contributed by atoms with Crippen LogP contribution in [0.25, 0.3) is 0 Å². The Morgan fingerprint density at radius 1 is 1.50 bits per heavy atom. The van der Waals surface area contributed by atoms with Crippen LogP contribution in [0.2, 0.25) is 5.02 Å². The predicted molar refractivity (Wildman–Crippen MR) is 54.7 cm³/mol. The van der Waals surface area contributed by atoms with Crippen LogP contribution in [-0.2, 0) is 6.42 Å². The summed E-state index contributed by atoms with van der Waals surface area (Å²) in [6.45, 7) is 0.354. The van der Waals surface area contributed by atoms with E-state index < -0.39 is 5.82 Å². The summed E-state index contributed by atoms with van der Waals surface area (Å²) in [5.41, 5.74) is 6.11. The fourth-order valence-electron chi connectivity index (χ4n) is 1.24. The third kappa shape index (κ3) is 2.67. The quantitative estimate of drug-likeness (QED) is 0.805. The molecule has 3 N–H and O–H groups in total. The molecular weight excluding hydrogens is 205 g/mol. The van der Waals surface area contributed by atoms with E-state index in [2.05, 4.69) is 0 Å². The molecule has 1 rings (SSSR count). The van der Waals surface area contributed by atoms with Crippen LogP contribution in [0.3, 0.4) is 0 Å². The van der Waals surface area contributed by atoms with E-state index in [1.165, 1.54) is 6.07 Å². The second-order valence-electron chi connectivity index (χ2n) is 3.20. The van der Waals surface area contributed by atoms with E-state index in [-0.39, 0.29) is 17.5 Å². The normalized spacial score (nSPS) is 12.9. The lowest BCUT2D eigenvalue weighted by molar-refractivity contribution is 0.229. The summed E-state index contributed by atoms with van der Waals surface area (Å²) in [5.74, 6) is -0.493. The molecule has 1 aromatic rings. The van der Waals surface area contributed by atoms with Gasteiger partial charge in [-0.15, -0.1) is 0 Å². The monoisotopic (exact) mass is 217 g/mol. The van der Waals surface area contributed by atoms with Crippen molar-refractivity contribution in [2.24, 2.45) is 11.7 Å². The van der Waals surface area contributed by atoms with Crippen molar-refractivity contribution < 1.29 is 9.50 Å². The van der Waals surface area contributed by atoms with E-state index in [9.17, 15) is 4.39 Å². The van der Waals surface area contributed by atoms with Crippen molar-refractivity contribution in [1.82, 2.24) is 0 Å². The molecule has 0 bridgehead atoms. The van der Waals surface area contributed by atoms with Crippen molar-refractivity contribution in [2.75, 3.05) is 13.2 Å². The molecule has 2 nitrogen and oxygen atoms in total. The highest BCUT2D eigenvalue weighted by Crippen LogP contribution is 2.21. The molecule has 0 fully saturated rings. The summed E-state index contributed by atoms with van der Waals surface area (Å²) in [7, 11) is 0. The fourth-order valence-corrected chi connectivity index (χ4v) is 1.44. The zero-order valence-corrected chi connectivity index (χ0v) is 8.47. The molecule has 0 saturated carbocycles. The predicted octanol–water partition coefficient (Wildman–Crippen LogP) is 1.59. The highest BCUT2D eigenvalue weighted by Gasteiger charge is 2.11. The van der Waals surface area contributed by atoms with Crippen LogP contribution >= 0.6 is 11.6 Å². The number of hydrogen-bond acceptors (Lipinski definition) is 2. The van der Waals surface area contributed by atoms with Gasteiger partial charge >= 0.3 is 0 Å². The Balaban J connectivity index is 2.80. The van der Waals surface area contributed by atoms with Crippen molar-refractivity contribution >= 4 is 11.6 Å². The third-order valence-electron chi connectivity index (χ3n) is 2.13. The lowest BCUT2D eigenvalue weighted by Gasteiger charge is -2.12. The second kappa shape index (κ2) is 5.29. The number of hydrogen-bond donors (Lipinski definition) is 2. The minimum absolute atomic E-state index is 0.0106. The van der Waals surface area contributed by atoms with Crippen molar-refractivity contribution in [1.29, 1.82) is 0 Å². The van der Waals surface area contributed by atoms with Crippen molar-refractivity contribution in [3.63, 3.8) is 0 Å². The summed E-state index contributed by atoms with van der Waals surface area (Å²) >= 11 is 5.75. The average Bonchev–Trinajstić information content (AvgIpc) is 2.20. The molecule has 0 aromatic heterocycles. The SMILES string of the molecule is NCC(CO)Cc1cccc(F)c1Cl. The average molecular weight is 218 g/mol. The lowest BCUT2D eigenvalue weighted by atomic mass is 10.0. The largest absolute Gasteiger partial charge is 0.396 e. The van der Waals surface area contributed by atoms with Crippen LogP contribution in [-0.4, -0.2) is 18.3 Å². The molecule has 0 spiro atoms. The number of aliphatic hydroxyl groups is 1. The summed E-state index contributed by atoms with van der Waals surface area (Å²) in [6.07, 6.45) is 0.504. The molecule has 0 aliphatic heterocycles. The Bertz CT molecular complexity index is 302. The van der Waals surface area contributed by atoms with Crippen molar-refractivity contribution in [2.45, 2.75) is 6.42 Å². The molecule has 1 unspecified atom stereocenters. The first-order valence-corrected chi connectivity index (χ1v) is 4.80. The fraction of sp³-hybridized carbons (Fsp3) is 0.400. The van der Waals surface area contributed by atoms with E-state index in [0.29, 0.717) is 18.5 Å². The Morgan fingerprint density at radius 2 is 2.21 bits per heavy atom. The Hall–Kier alpha value is -0.640. The van der Waals surface area contributed by atoms with Gasteiger partial charge in [0.25, 0.3) is 0 Å². The number of nitrogens with two attached hydrogens (primary N) is 1.